The first-order chi connectivity index (χ1) is 9.10. The fraction of sp³-hybridized carbons (Fsp3) is 0.571. The van der Waals surface area contributed by atoms with Crippen molar-refractivity contribution in [1.82, 2.24) is 10.2 Å². The molecule has 3 rings (SSSR count). The van der Waals surface area contributed by atoms with E-state index >= 15 is 0 Å². The third-order valence-electron chi connectivity index (χ3n) is 4.39. The van der Waals surface area contributed by atoms with Crippen LogP contribution in [0.5, 0.6) is 0 Å². The highest BCUT2D eigenvalue weighted by Crippen LogP contribution is 2.37. The van der Waals surface area contributed by atoms with Crippen LogP contribution < -0.4 is 5.32 Å². The molecule has 2 aliphatic heterocycles. The zero-order valence-corrected chi connectivity index (χ0v) is 11.9. The number of nitrogens with one attached hydrogen (secondary N) is 1. The molecule has 0 bridgehead atoms. The van der Waals surface area contributed by atoms with E-state index in [0.29, 0.717) is 6.42 Å². The molecule has 0 aliphatic carbocycles. The van der Waals surface area contributed by atoms with Crippen LogP contribution in [0.1, 0.15) is 35.2 Å². The highest BCUT2D eigenvalue weighted by molar-refractivity contribution is 7.08. The van der Waals surface area contributed by atoms with Crippen LogP contribution in [0.2, 0.25) is 0 Å². The van der Waals surface area contributed by atoms with Gasteiger partial charge in [-0.1, -0.05) is 0 Å². The van der Waals surface area contributed by atoms with E-state index in [-0.39, 0.29) is 17.2 Å². The lowest BCUT2D eigenvalue weighted by Gasteiger charge is -2.38. The van der Waals surface area contributed by atoms with Gasteiger partial charge in [0.1, 0.15) is 0 Å². The molecule has 2 amide bonds. The third kappa shape index (κ3) is 2.27. The Hall–Kier alpha value is -1.36. The van der Waals surface area contributed by atoms with Gasteiger partial charge in [-0.05, 0) is 36.1 Å². The fourth-order valence-electron chi connectivity index (χ4n) is 3.04. The molecule has 5 heteroatoms. The Balaban J connectivity index is 1.66. The Bertz CT molecular complexity index is 515. The second-order valence-electron chi connectivity index (χ2n) is 5.71. The van der Waals surface area contributed by atoms with Gasteiger partial charge in [-0.25, -0.2) is 0 Å². The summed E-state index contributed by atoms with van der Waals surface area (Å²) < 4.78 is 0. The average Bonchev–Trinajstić information content (AvgIpc) is 2.97. The Morgan fingerprint density at radius 2 is 2.11 bits per heavy atom. The van der Waals surface area contributed by atoms with Gasteiger partial charge in [0.15, 0.2) is 0 Å². The quantitative estimate of drug-likeness (QED) is 0.851. The number of likely N-dealkylation sites (tertiary alicyclic amines) is 1. The summed E-state index contributed by atoms with van der Waals surface area (Å²) in [6.45, 7) is 4.30. The third-order valence-corrected chi connectivity index (χ3v) is 5.25. The fourth-order valence-corrected chi connectivity index (χ4v) is 3.86. The molecule has 19 heavy (non-hydrogen) atoms. The number of aryl methyl sites for hydroxylation is 1. The zero-order chi connectivity index (χ0) is 13.5. The Labute approximate surface area is 116 Å². The summed E-state index contributed by atoms with van der Waals surface area (Å²) in [5.41, 5.74) is 2.01. The molecule has 0 unspecified atom stereocenters. The van der Waals surface area contributed by atoms with Crippen LogP contribution >= 0.6 is 11.3 Å². The Morgan fingerprint density at radius 3 is 2.63 bits per heavy atom. The normalized spacial score (nSPS) is 21.7. The molecule has 0 saturated carbocycles. The van der Waals surface area contributed by atoms with Gasteiger partial charge < -0.3 is 10.2 Å². The number of thiophene rings is 1. The van der Waals surface area contributed by atoms with Crippen LogP contribution in [-0.2, 0) is 4.79 Å². The van der Waals surface area contributed by atoms with Crippen LogP contribution in [0, 0.1) is 12.3 Å². The lowest BCUT2D eigenvalue weighted by Crippen LogP contribution is -2.44. The molecule has 1 aromatic rings. The van der Waals surface area contributed by atoms with Crippen molar-refractivity contribution in [2.75, 3.05) is 19.6 Å². The molecule has 2 saturated heterocycles. The van der Waals surface area contributed by atoms with Gasteiger partial charge in [0, 0.05) is 31.4 Å². The first-order valence-electron chi connectivity index (χ1n) is 6.68. The van der Waals surface area contributed by atoms with Crippen molar-refractivity contribution < 1.29 is 9.59 Å². The molecule has 4 nitrogen and oxygen atoms in total. The lowest BCUT2D eigenvalue weighted by atomic mass is 9.77. The van der Waals surface area contributed by atoms with Crippen LogP contribution in [-0.4, -0.2) is 36.3 Å². The number of amides is 2. The Kier molecular flexibility index (Phi) is 3.09. The summed E-state index contributed by atoms with van der Waals surface area (Å²) in [7, 11) is 0. The first kappa shape index (κ1) is 12.7. The van der Waals surface area contributed by atoms with Crippen molar-refractivity contribution in [3.63, 3.8) is 0 Å². The lowest BCUT2D eigenvalue weighted by molar-refractivity contribution is -0.119. The first-order valence-corrected chi connectivity index (χ1v) is 7.63. The monoisotopic (exact) mass is 278 g/mol. The number of hydrogen-bond acceptors (Lipinski definition) is 3. The standard InChI is InChI=1S/C14H18N2O2S/c1-10-7-19-8-11(10)13(18)16-4-2-14(3-5-16)6-12(17)15-9-14/h7-8H,2-6,9H2,1H3,(H,15,17). The molecule has 1 N–H and O–H groups in total. The van der Waals surface area contributed by atoms with Crippen molar-refractivity contribution in [1.29, 1.82) is 0 Å². The predicted octanol–water partition coefficient (Wildman–Crippen LogP) is 1.80. The maximum atomic E-state index is 12.4. The number of carbonyl (C=O) groups is 2. The van der Waals surface area contributed by atoms with Gasteiger partial charge in [-0.3, -0.25) is 9.59 Å². The van der Waals surface area contributed by atoms with Crippen LogP contribution in [0.4, 0.5) is 0 Å². The predicted molar refractivity (Wildman–Crippen MR) is 74.3 cm³/mol. The zero-order valence-electron chi connectivity index (χ0n) is 11.1. The maximum absolute atomic E-state index is 12.4. The minimum Gasteiger partial charge on any atom is -0.356 e. The van der Waals surface area contributed by atoms with Gasteiger partial charge in [-0.15, -0.1) is 0 Å². The van der Waals surface area contributed by atoms with Crippen molar-refractivity contribution in [3.05, 3.63) is 21.9 Å². The minimum absolute atomic E-state index is 0.109. The van der Waals surface area contributed by atoms with Crippen molar-refractivity contribution in [2.45, 2.75) is 26.2 Å². The number of nitrogens with zero attached hydrogens (tertiary/aromatic N) is 1. The minimum atomic E-state index is 0.109. The molecule has 102 valence electrons. The number of rotatable bonds is 1. The van der Waals surface area contributed by atoms with Gasteiger partial charge in [-0.2, -0.15) is 11.3 Å². The summed E-state index contributed by atoms with van der Waals surface area (Å²) in [6, 6.07) is 0. The summed E-state index contributed by atoms with van der Waals surface area (Å²) in [4.78, 5) is 25.7. The molecule has 0 radical (unpaired) electrons. The highest BCUT2D eigenvalue weighted by atomic mass is 32.1. The second kappa shape index (κ2) is 4.63. The number of piperidine rings is 1. The van der Waals surface area contributed by atoms with E-state index in [4.69, 9.17) is 0 Å². The van der Waals surface area contributed by atoms with Crippen molar-refractivity contribution in [2.24, 2.45) is 5.41 Å². The summed E-state index contributed by atoms with van der Waals surface area (Å²) >= 11 is 1.58. The van der Waals surface area contributed by atoms with Gasteiger partial charge in [0.05, 0.1) is 5.56 Å². The summed E-state index contributed by atoms with van der Waals surface area (Å²) in [6.07, 6.45) is 2.49. The smallest absolute Gasteiger partial charge is 0.254 e. The van der Waals surface area contributed by atoms with E-state index in [9.17, 15) is 9.59 Å². The molecule has 1 spiro atoms. The van der Waals surface area contributed by atoms with Gasteiger partial charge in [0.2, 0.25) is 5.91 Å². The average molecular weight is 278 g/mol. The largest absolute Gasteiger partial charge is 0.356 e. The molecule has 2 fully saturated rings. The van der Waals surface area contributed by atoms with E-state index in [1.54, 1.807) is 11.3 Å². The van der Waals surface area contributed by atoms with Crippen LogP contribution in [0.3, 0.4) is 0 Å². The Morgan fingerprint density at radius 1 is 1.37 bits per heavy atom. The van der Waals surface area contributed by atoms with Crippen molar-refractivity contribution >= 4 is 23.2 Å². The van der Waals surface area contributed by atoms with Crippen LogP contribution in [0.25, 0.3) is 0 Å². The molecular formula is C14H18N2O2S. The molecule has 2 aliphatic rings. The molecule has 0 atom stereocenters. The van der Waals surface area contributed by atoms with E-state index in [2.05, 4.69) is 5.32 Å². The highest BCUT2D eigenvalue weighted by Gasteiger charge is 2.41. The summed E-state index contributed by atoms with van der Waals surface area (Å²) in [5.74, 6) is 0.305. The SMILES string of the molecule is Cc1cscc1C(=O)N1CCC2(CC1)CNC(=O)C2. The van der Waals surface area contributed by atoms with E-state index in [1.165, 1.54) is 0 Å². The van der Waals surface area contributed by atoms with Crippen molar-refractivity contribution in [3.8, 4) is 0 Å². The molecule has 1 aromatic heterocycles. The summed E-state index contributed by atoms with van der Waals surface area (Å²) in [5, 5.41) is 6.87. The molecule has 3 heterocycles. The maximum Gasteiger partial charge on any atom is 0.254 e. The topological polar surface area (TPSA) is 49.4 Å². The van der Waals surface area contributed by atoms with E-state index in [0.717, 1.165) is 43.6 Å². The van der Waals surface area contributed by atoms with E-state index < -0.39 is 0 Å². The second-order valence-corrected chi connectivity index (χ2v) is 6.46. The van der Waals surface area contributed by atoms with Crippen LogP contribution in [0.15, 0.2) is 10.8 Å². The number of hydrogen-bond donors (Lipinski definition) is 1. The molecular weight excluding hydrogens is 260 g/mol. The van der Waals surface area contributed by atoms with Gasteiger partial charge >= 0.3 is 0 Å². The molecule has 0 aromatic carbocycles. The van der Waals surface area contributed by atoms with E-state index in [1.807, 2.05) is 22.6 Å². The number of carbonyl (C=O) groups excluding carboxylic acids is 2. The van der Waals surface area contributed by atoms with Gasteiger partial charge in [0.25, 0.3) is 5.91 Å².